The van der Waals surface area contributed by atoms with Gasteiger partial charge in [0.25, 0.3) is 0 Å². The van der Waals surface area contributed by atoms with Gasteiger partial charge in [0.05, 0.1) is 5.92 Å². The lowest BCUT2D eigenvalue weighted by atomic mass is 9.70. The van der Waals surface area contributed by atoms with E-state index in [2.05, 4.69) is 0 Å². The third-order valence-electron chi connectivity index (χ3n) is 5.59. The Kier molecular flexibility index (Phi) is 5.63. The molecule has 0 aromatic heterocycles. The van der Waals surface area contributed by atoms with Crippen molar-refractivity contribution in [2.75, 3.05) is 0 Å². The quantitative estimate of drug-likeness (QED) is 0.680. The molecule has 1 aliphatic heterocycles. The van der Waals surface area contributed by atoms with E-state index in [0.29, 0.717) is 29.2 Å². The van der Waals surface area contributed by atoms with E-state index in [4.69, 9.17) is 26.8 Å². The number of rotatable bonds is 4. The van der Waals surface area contributed by atoms with E-state index in [1.807, 2.05) is 44.2 Å². The lowest BCUT2D eigenvalue weighted by molar-refractivity contribution is -0.141. The molecule has 2 aromatic rings. The molecule has 2 aliphatic rings. The molecule has 5 nitrogen and oxygen atoms in total. The molecule has 0 unspecified atom stereocenters. The first-order valence-corrected chi connectivity index (χ1v) is 10.5. The first-order valence-electron chi connectivity index (χ1n) is 10.2. The molecule has 31 heavy (non-hydrogen) atoms. The molecule has 6 heteroatoms. The Balaban J connectivity index is 1.73. The average molecular weight is 438 g/mol. The molecule has 1 aliphatic carbocycles. The van der Waals surface area contributed by atoms with Gasteiger partial charge in [-0.3, -0.25) is 4.79 Å². The zero-order chi connectivity index (χ0) is 22.2. The largest absolute Gasteiger partial charge is 0.457 e. The lowest BCUT2D eigenvalue weighted by Gasteiger charge is -2.38. The Labute approximate surface area is 186 Å². The van der Waals surface area contributed by atoms with E-state index in [1.54, 1.807) is 24.3 Å². The molecule has 0 fully saturated rings. The van der Waals surface area contributed by atoms with Crippen LogP contribution in [0.5, 0.6) is 0 Å². The van der Waals surface area contributed by atoms with Gasteiger partial charge >= 0.3 is 5.97 Å². The highest BCUT2D eigenvalue weighted by atomic mass is 35.5. The van der Waals surface area contributed by atoms with E-state index >= 15 is 0 Å². The second-order valence-corrected chi connectivity index (χ2v) is 9.14. The van der Waals surface area contributed by atoms with Crippen LogP contribution in [-0.4, -0.2) is 11.8 Å². The van der Waals surface area contributed by atoms with Crippen molar-refractivity contribution in [2.45, 2.75) is 39.2 Å². The van der Waals surface area contributed by atoms with E-state index in [0.717, 1.165) is 11.1 Å². The van der Waals surface area contributed by atoms with Crippen molar-refractivity contribution < 1.29 is 19.1 Å². The molecule has 0 amide bonds. The van der Waals surface area contributed by atoms with Crippen molar-refractivity contribution in [1.82, 2.24) is 0 Å². The number of ether oxygens (including phenoxy) is 2. The number of benzene rings is 2. The highest BCUT2D eigenvalue weighted by Gasteiger charge is 2.45. The van der Waals surface area contributed by atoms with Crippen LogP contribution in [0.3, 0.4) is 0 Å². The van der Waals surface area contributed by atoms with Crippen LogP contribution in [0.15, 0.2) is 77.4 Å². The van der Waals surface area contributed by atoms with Crippen LogP contribution in [-0.2, 0) is 25.7 Å². The van der Waals surface area contributed by atoms with Crippen molar-refractivity contribution in [3.63, 3.8) is 0 Å². The number of halogens is 1. The van der Waals surface area contributed by atoms with Crippen LogP contribution < -0.4 is 5.73 Å². The van der Waals surface area contributed by atoms with Crippen LogP contribution in [0, 0.1) is 5.41 Å². The highest BCUT2D eigenvalue weighted by molar-refractivity contribution is 6.30. The number of hydrogen-bond acceptors (Lipinski definition) is 5. The van der Waals surface area contributed by atoms with Gasteiger partial charge in [-0.2, -0.15) is 0 Å². The van der Waals surface area contributed by atoms with Gasteiger partial charge in [0, 0.05) is 23.4 Å². The molecular formula is C25H24ClNO4. The fraction of sp³-hybridized carbons (Fsp3) is 0.280. The summed E-state index contributed by atoms with van der Waals surface area (Å²) in [6.07, 6.45) is 0.927. The van der Waals surface area contributed by atoms with E-state index < -0.39 is 11.9 Å². The van der Waals surface area contributed by atoms with Crippen molar-refractivity contribution in [3.05, 3.63) is 93.5 Å². The molecule has 1 atom stereocenters. The predicted molar refractivity (Wildman–Crippen MR) is 118 cm³/mol. The molecule has 0 spiro atoms. The molecule has 0 saturated heterocycles. The van der Waals surface area contributed by atoms with Crippen LogP contribution in [0.25, 0.3) is 0 Å². The molecular weight excluding hydrogens is 414 g/mol. The number of carbonyl (C=O) groups excluding carboxylic acids is 2. The summed E-state index contributed by atoms with van der Waals surface area (Å²) in [6, 6.07) is 16.4. The zero-order valence-electron chi connectivity index (χ0n) is 17.5. The van der Waals surface area contributed by atoms with Crippen LogP contribution in [0.1, 0.15) is 43.7 Å². The Morgan fingerprint density at radius 2 is 1.81 bits per heavy atom. The van der Waals surface area contributed by atoms with Gasteiger partial charge in [-0.1, -0.05) is 67.9 Å². The van der Waals surface area contributed by atoms with E-state index in [9.17, 15) is 9.59 Å². The fourth-order valence-electron chi connectivity index (χ4n) is 4.17. The number of hydrogen-bond donors (Lipinski definition) is 1. The summed E-state index contributed by atoms with van der Waals surface area (Å²) in [4.78, 5) is 26.3. The SMILES string of the molecule is CC1(C)CC(=O)C2=C(C1)OC(N)=C(C(=O)OCc1ccccc1)[C@H]2c1ccc(Cl)cc1. The molecule has 160 valence electrons. The summed E-state index contributed by atoms with van der Waals surface area (Å²) in [7, 11) is 0. The minimum atomic E-state index is -0.659. The van der Waals surface area contributed by atoms with Gasteiger partial charge in [-0.25, -0.2) is 4.79 Å². The maximum absolute atomic E-state index is 13.2. The summed E-state index contributed by atoms with van der Waals surface area (Å²) in [6.45, 7) is 4.12. The highest BCUT2D eigenvalue weighted by Crippen LogP contribution is 2.48. The minimum absolute atomic E-state index is 0.0257. The number of esters is 1. The zero-order valence-corrected chi connectivity index (χ0v) is 18.2. The van der Waals surface area contributed by atoms with Gasteiger partial charge in [0.15, 0.2) is 5.78 Å². The summed E-state index contributed by atoms with van der Waals surface area (Å²) in [5.41, 5.74) is 8.20. The van der Waals surface area contributed by atoms with Gasteiger partial charge in [-0.05, 0) is 28.7 Å². The van der Waals surface area contributed by atoms with Crippen molar-refractivity contribution >= 4 is 23.4 Å². The van der Waals surface area contributed by atoms with Gasteiger partial charge in [0.1, 0.15) is 17.9 Å². The molecule has 0 radical (unpaired) electrons. The van der Waals surface area contributed by atoms with Gasteiger partial charge in [-0.15, -0.1) is 0 Å². The Morgan fingerprint density at radius 3 is 2.48 bits per heavy atom. The van der Waals surface area contributed by atoms with Crippen LogP contribution >= 0.6 is 11.6 Å². The fourth-order valence-corrected chi connectivity index (χ4v) is 4.30. The average Bonchev–Trinajstić information content (AvgIpc) is 2.71. The van der Waals surface area contributed by atoms with Gasteiger partial charge < -0.3 is 15.2 Å². The Morgan fingerprint density at radius 1 is 1.13 bits per heavy atom. The van der Waals surface area contributed by atoms with Crippen molar-refractivity contribution in [2.24, 2.45) is 11.1 Å². The van der Waals surface area contributed by atoms with E-state index in [1.165, 1.54) is 0 Å². The van der Waals surface area contributed by atoms with E-state index in [-0.39, 0.29) is 29.3 Å². The third-order valence-corrected chi connectivity index (χ3v) is 5.84. The lowest BCUT2D eigenvalue weighted by Crippen LogP contribution is -2.35. The van der Waals surface area contributed by atoms with Crippen LogP contribution in [0.2, 0.25) is 5.02 Å². The Hall–Kier alpha value is -3.05. The number of nitrogens with two attached hydrogens (primary N) is 1. The summed E-state index contributed by atoms with van der Waals surface area (Å²) in [5.74, 6) is -0.814. The minimum Gasteiger partial charge on any atom is -0.457 e. The molecule has 2 aromatic carbocycles. The molecule has 1 heterocycles. The second kappa shape index (κ2) is 8.23. The molecule has 0 saturated carbocycles. The molecule has 0 bridgehead atoms. The first kappa shape index (κ1) is 21.2. The smallest absolute Gasteiger partial charge is 0.340 e. The monoisotopic (exact) mass is 437 g/mol. The normalized spacial score (nSPS) is 20.2. The summed E-state index contributed by atoms with van der Waals surface area (Å²) >= 11 is 6.07. The van der Waals surface area contributed by atoms with Crippen molar-refractivity contribution in [3.8, 4) is 0 Å². The molecule has 2 N–H and O–H groups in total. The van der Waals surface area contributed by atoms with Crippen LogP contribution in [0.4, 0.5) is 0 Å². The topological polar surface area (TPSA) is 78.6 Å². The number of Topliss-reactive ketones (excluding diaryl/α,β-unsaturated/α-hetero) is 1. The van der Waals surface area contributed by atoms with Gasteiger partial charge in [0.2, 0.25) is 5.88 Å². The predicted octanol–water partition coefficient (Wildman–Crippen LogP) is 5.01. The van der Waals surface area contributed by atoms with Crippen molar-refractivity contribution in [1.29, 1.82) is 0 Å². The standard InChI is InChI=1S/C25H24ClNO4/c1-25(2)12-18(28)21-19(13-25)31-23(27)22(20(21)16-8-10-17(26)11-9-16)24(29)30-14-15-6-4-3-5-7-15/h3-11,20H,12-14,27H2,1-2H3/t20-/m0/s1. The summed E-state index contributed by atoms with van der Waals surface area (Å²) < 4.78 is 11.4. The Bertz CT molecular complexity index is 1080. The number of allylic oxidation sites excluding steroid dienone is 2. The number of ketones is 1. The number of carbonyl (C=O) groups is 2. The maximum atomic E-state index is 13.2. The first-order chi connectivity index (χ1) is 14.7. The third kappa shape index (κ3) is 4.37. The molecule has 4 rings (SSSR count). The summed E-state index contributed by atoms with van der Waals surface area (Å²) in [5, 5.41) is 0.561. The second-order valence-electron chi connectivity index (χ2n) is 8.70. The maximum Gasteiger partial charge on any atom is 0.340 e.